The lowest BCUT2D eigenvalue weighted by Gasteiger charge is -2.26. The minimum atomic E-state index is -3.13. The second-order valence-electron chi connectivity index (χ2n) is 6.09. The van der Waals surface area contributed by atoms with Gasteiger partial charge in [0.2, 0.25) is 5.56 Å². The SMILES string of the molecule is O=c1ccccn1CCCCNC1CCS(=O)(=O)c2ccccc21. The second kappa shape index (κ2) is 7.32. The van der Waals surface area contributed by atoms with Crippen LogP contribution in [0, 0.1) is 0 Å². The molecular weight excluding hydrogens is 324 g/mol. The maximum absolute atomic E-state index is 12.1. The summed E-state index contributed by atoms with van der Waals surface area (Å²) in [5.74, 6) is 0.196. The zero-order valence-corrected chi connectivity index (χ0v) is 14.3. The Morgan fingerprint density at radius 2 is 1.88 bits per heavy atom. The normalized spacial score (nSPS) is 18.9. The zero-order chi connectivity index (χ0) is 17.0. The van der Waals surface area contributed by atoms with Crippen molar-refractivity contribution in [3.63, 3.8) is 0 Å². The van der Waals surface area contributed by atoms with Gasteiger partial charge in [0.25, 0.3) is 0 Å². The highest BCUT2D eigenvalue weighted by atomic mass is 32.2. The van der Waals surface area contributed by atoms with Crippen LogP contribution in [0.15, 0.2) is 58.4 Å². The van der Waals surface area contributed by atoms with E-state index < -0.39 is 9.84 Å². The van der Waals surface area contributed by atoms with Crippen LogP contribution in [0.1, 0.15) is 30.9 Å². The molecule has 0 fully saturated rings. The lowest BCUT2D eigenvalue weighted by molar-refractivity contribution is 0.471. The smallest absolute Gasteiger partial charge is 0.250 e. The van der Waals surface area contributed by atoms with Crippen molar-refractivity contribution >= 4 is 9.84 Å². The summed E-state index contributed by atoms with van der Waals surface area (Å²) in [6.07, 6.45) is 4.26. The fourth-order valence-corrected chi connectivity index (χ4v) is 4.75. The molecule has 5 nitrogen and oxygen atoms in total. The van der Waals surface area contributed by atoms with Crippen LogP contribution in [0.2, 0.25) is 0 Å². The summed E-state index contributed by atoms with van der Waals surface area (Å²) in [6.45, 7) is 1.51. The van der Waals surface area contributed by atoms with Gasteiger partial charge in [-0.25, -0.2) is 8.42 Å². The average Bonchev–Trinajstić information content (AvgIpc) is 2.58. The van der Waals surface area contributed by atoms with Crippen LogP contribution in [-0.4, -0.2) is 25.3 Å². The Kier molecular flexibility index (Phi) is 5.16. The van der Waals surface area contributed by atoms with E-state index in [-0.39, 0.29) is 17.4 Å². The van der Waals surface area contributed by atoms with Gasteiger partial charge in [0.15, 0.2) is 9.84 Å². The van der Waals surface area contributed by atoms with Crippen molar-refractivity contribution < 1.29 is 8.42 Å². The van der Waals surface area contributed by atoms with Crippen LogP contribution in [0.5, 0.6) is 0 Å². The molecule has 0 spiro atoms. The number of nitrogens with zero attached hydrogens (tertiary/aromatic N) is 1. The van der Waals surface area contributed by atoms with Gasteiger partial charge in [-0.05, 0) is 43.5 Å². The molecule has 1 aromatic carbocycles. The van der Waals surface area contributed by atoms with Crippen LogP contribution in [0.25, 0.3) is 0 Å². The minimum absolute atomic E-state index is 0.0249. The Balaban J connectivity index is 1.53. The van der Waals surface area contributed by atoms with Gasteiger partial charge >= 0.3 is 0 Å². The molecule has 0 amide bonds. The topological polar surface area (TPSA) is 68.2 Å². The van der Waals surface area contributed by atoms with Gasteiger partial charge in [-0.15, -0.1) is 0 Å². The fourth-order valence-electron chi connectivity index (χ4n) is 3.13. The standard InChI is InChI=1S/C18H22N2O3S/c21-18-9-3-5-12-20(18)13-6-4-11-19-16-10-14-24(22,23)17-8-2-1-7-15(16)17/h1-3,5,7-9,12,16,19H,4,6,10-11,13-14H2. The van der Waals surface area contributed by atoms with Gasteiger partial charge in [0.1, 0.15) is 0 Å². The molecule has 0 aliphatic carbocycles. The number of sulfone groups is 1. The van der Waals surface area contributed by atoms with Crippen molar-refractivity contribution in [2.75, 3.05) is 12.3 Å². The van der Waals surface area contributed by atoms with Crippen LogP contribution in [0.3, 0.4) is 0 Å². The molecule has 1 aliphatic heterocycles. The Morgan fingerprint density at radius 3 is 2.71 bits per heavy atom. The summed E-state index contributed by atoms with van der Waals surface area (Å²) in [7, 11) is -3.13. The Morgan fingerprint density at radius 1 is 1.08 bits per heavy atom. The van der Waals surface area contributed by atoms with Crippen molar-refractivity contribution in [2.45, 2.75) is 36.7 Å². The van der Waals surface area contributed by atoms with E-state index in [9.17, 15) is 13.2 Å². The highest BCUT2D eigenvalue weighted by Gasteiger charge is 2.29. The van der Waals surface area contributed by atoms with Crippen LogP contribution in [0.4, 0.5) is 0 Å². The summed E-state index contributed by atoms with van der Waals surface area (Å²) in [6, 6.07) is 12.5. The van der Waals surface area contributed by atoms with E-state index in [1.54, 1.807) is 35.0 Å². The first kappa shape index (κ1) is 16.9. The summed E-state index contributed by atoms with van der Waals surface area (Å²) in [5.41, 5.74) is 0.903. The van der Waals surface area contributed by atoms with E-state index in [0.717, 1.165) is 24.9 Å². The maximum atomic E-state index is 12.1. The molecule has 1 aliphatic rings. The van der Waals surface area contributed by atoms with Crippen LogP contribution >= 0.6 is 0 Å². The van der Waals surface area contributed by atoms with Gasteiger partial charge in [0.05, 0.1) is 10.6 Å². The molecule has 2 aromatic rings. The molecule has 0 saturated carbocycles. The summed E-state index contributed by atoms with van der Waals surface area (Å²) in [4.78, 5) is 12.1. The number of fused-ring (bicyclic) bond motifs is 1. The molecule has 6 heteroatoms. The van der Waals surface area contributed by atoms with Crippen molar-refractivity contribution in [3.8, 4) is 0 Å². The molecule has 24 heavy (non-hydrogen) atoms. The highest BCUT2D eigenvalue weighted by Crippen LogP contribution is 2.31. The van der Waals surface area contributed by atoms with Crippen molar-refractivity contribution in [1.82, 2.24) is 9.88 Å². The molecule has 3 rings (SSSR count). The van der Waals surface area contributed by atoms with Crippen LogP contribution < -0.4 is 10.9 Å². The van der Waals surface area contributed by atoms with Crippen LogP contribution in [-0.2, 0) is 16.4 Å². The highest BCUT2D eigenvalue weighted by molar-refractivity contribution is 7.91. The summed E-state index contributed by atoms with van der Waals surface area (Å²) >= 11 is 0. The quantitative estimate of drug-likeness (QED) is 0.814. The molecule has 1 N–H and O–H groups in total. The third-order valence-electron chi connectivity index (χ3n) is 4.42. The lowest BCUT2D eigenvalue weighted by Crippen LogP contribution is -2.30. The van der Waals surface area contributed by atoms with E-state index in [4.69, 9.17) is 0 Å². The van der Waals surface area contributed by atoms with Gasteiger partial charge in [0, 0.05) is 24.8 Å². The second-order valence-corrected chi connectivity index (χ2v) is 8.17. The first-order valence-electron chi connectivity index (χ1n) is 8.28. The van der Waals surface area contributed by atoms with E-state index >= 15 is 0 Å². The number of aromatic nitrogens is 1. The summed E-state index contributed by atoms with van der Waals surface area (Å²) in [5, 5.41) is 3.46. The molecule has 1 aromatic heterocycles. The number of rotatable bonds is 6. The van der Waals surface area contributed by atoms with E-state index in [1.807, 2.05) is 18.2 Å². The van der Waals surface area contributed by atoms with Gasteiger partial charge in [-0.3, -0.25) is 4.79 Å². The molecule has 2 heterocycles. The molecule has 0 saturated heterocycles. The number of nitrogens with one attached hydrogen (secondary N) is 1. The fraction of sp³-hybridized carbons (Fsp3) is 0.389. The van der Waals surface area contributed by atoms with E-state index in [2.05, 4.69) is 5.32 Å². The largest absolute Gasteiger partial charge is 0.316 e. The Labute approximate surface area is 142 Å². The number of aryl methyl sites for hydroxylation is 1. The van der Waals surface area contributed by atoms with Crippen molar-refractivity contribution in [3.05, 3.63) is 64.6 Å². The first-order chi connectivity index (χ1) is 11.6. The number of hydrogen-bond donors (Lipinski definition) is 1. The molecule has 0 bridgehead atoms. The third kappa shape index (κ3) is 3.76. The molecule has 1 unspecified atom stereocenters. The predicted molar refractivity (Wildman–Crippen MR) is 93.8 cm³/mol. The molecule has 1 atom stereocenters. The third-order valence-corrected chi connectivity index (χ3v) is 6.24. The minimum Gasteiger partial charge on any atom is -0.316 e. The number of benzene rings is 1. The predicted octanol–water partition coefficient (Wildman–Crippen LogP) is 2.14. The maximum Gasteiger partial charge on any atom is 0.250 e. The first-order valence-corrected chi connectivity index (χ1v) is 9.94. The average molecular weight is 346 g/mol. The number of hydrogen-bond acceptors (Lipinski definition) is 4. The lowest BCUT2D eigenvalue weighted by atomic mass is 10.0. The molecular formula is C18H22N2O3S. The monoisotopic (exact) mass is 346 g/mol. The number of unbranched alkanes of at least 4 members (excludes halogenated alkanes) is 1. The Hall–Kier alpha value is -1.92. The number of pyridine rings is 1. The van der Waals surface area contributed by atoms with Gasteiger partial charge in [-0.2, -0.15) is 0 Å². The van der Waals surface area contributed by atoms with Crippen molar-refractivity contribution in [1.29, 1.82) is 0 Å². The van der Waals surface area contributed by atoms with Crippen molar-refractivity contribution in [2.24, 2.45) is 0 Å². The van der Waals surface area contributed by atoms with E-state index in [0.29, 0.717) is 17.9 Å². The Bertz CT molecular complexity index is 858. The van der Waals surface area contributed by atoms with E-state index in [1.165, 1.54) is 0 Å². The molecule has 128 valence electrons. The van der Waals surface area contributed by atoms with Gasteiger partial charge < -0.3 is 9.88 Å². The van der Waals surface area contributed by atoms with Gasteiger partial charge in [-0.1, -0.05) is 24.3 Å². The molecule has 0 radical (unpaired) electrons. The summed E-state index contributed by atoms with van der Waals surface area (Å²) < 4.78 is 26.0. The zero-order valence-electron chi connectivity index (χ0n) is 13.5.